The lowest BCUT2D eigenvalue weighted by Crippen LogP contribution is -2.38. The fourth-order valence-corrected chi connectivity index (χ4v) is 3.27. The standard InChI is InChI=1S/C17H24N4O3/c1-4-15-13(11-24-19-15)9-20(2)17(22)14-6-5-7-23-16(14)12-8-18-21(3)10-12/h8,10-11,14,16H,4-7,9H2,1-3H3/t14-,16+/m1/s1. The van der Waals surface area contributed by atoms with Crippen LogP contribution in [0.3, 0.4) is 0 Å². The minimum atomic E-state index is -0.226. The summed E-state index contributed by atoms with van der Waals surface area (Å²) in [7, 11) is 3.69. The number of hydrogen-bond donors (Lipinski definition) is 0. The summed E-state index contributed by atoms with van der Waals surface area (Å²) in [5, 5.41) is 8.18. The van der Waals surface area contributed by atoms with Gasteiger partial charge >= 0.3 is 0 Å². The van der Waals surface area contributed by atoms with Gasteiger partial charge in [-0.25, -0.2) is 0 Å². The lowest BCUT2D eigenvalue weighted by atomic mass is 9.89. The Hall–Kier alpha value is -2.15. The second-order valence-corrected chi connectivity index (χ2v) is 6.32. The SMILES string of the molecule is CCc1nocc1CN(C)C(=O)[C@@H]1CCCO[C@H]1c1cnn(C)c1. The summed E-state index contributed by atoms with van der Waals surface area (Å²) in [5.41, 5.74) is 2.82. The van der Waals surface area contributed by atoms with Gasteiger partial charge in [0, 0.05) is 38.0 Å². The zero-order valence-corrected chi connectivity index (χ0v) is 14.4. The Morgan fingerprint density at radius 2 is 2.33 bits per heavy atom. The first-order valence-electron chi connectivity index (χ1n) is 8.37. The molecule has 0 aromatic carbocycles. The summed E-state index contributed by atoms with van der Waals surface area (Å²) in [5.74, 6) is -0.0929. The first-order chi connectivity index (χ1) is 11.6. The summed E-state index contributed by atoms with van der Waals surface area (Å²) >= 11 is 0. The average molecular weight is 332 g/mol. The summed E-state index contributed by atoms with van der Waals surface area (Å²) in [4.78, 5) is 14.7. The van der Waals surface area contributed by atoms with Crippen molar-refractivity contribution in [3.05, 3.63) is 35.5 Å². The number of amides is 1. The normalized spacial score (nSPS) is 21.0. The maximum absolute atomic E-state index is 13.0. The summed E-state index contributed by atoms with van der Waals surface area (Å²) in [6.45, 7) is 3.21. The number of carbonyl (C=O) groups is 1. The summed E-state index contributed by atoms with van der Waals surface area (Å²) in [6, 6.07) is 0. The van der Waals surface area contributed by atoms with Crippen molar-refractivity contribution in [2.75, 3.05) is 13.7 Å². The van der Waals surface area contributed by atoms with Crippen molar-refractivity contribution in [3.63, 3.8) is 0 Å². The van der Waals surface area contributed by atoms with E-state index >= 15 is 0 Å². The maximum atomic E-state index is 13.0. The van der Waals surface area contributed by atoms with Gasteiger partial charge in [-0.2, -0.15) is 5.10 Å². The van der Waals surface area contributed by atoms with Crippen LogP contribution >= 0.6 is 0 Å². The third-order valence-electron chi connectivity index (χ3n) is 4.54. The lowest BCUT2D eigenvalue weighted by molar-refractivity contribution is -0.144. The molecule has 1 fully saturated rings. The highest BCUT2D eigenvalue weighted by Gasteiger charge is 2.35. The molecule has 0 bridgehead atoms. The van der Waals surface area contributed by atoms with E-state index in [1.165, 1.54) is 0 Å². The molecule has 0 spiro atoms. The van der Waals surface area contributed by atoms with Crippen LogP contribution < -0.4 is 0 Å². The molecule has 0 saturated carbocycles. The van der Waals surface area contributed by atoms with Gasteiger partial charge in [-0.05, 0) is 19.3 Å². The van der Waals surface area contributed by atoms with Crippen LogP contribution in [0, 0.1) is 5.92 Å². The second kappa shape index (κ2) is 7.17. The molecule has 1 aliphatic rings. The molecule has 2 atom stereocenters. The van der Waals surface area contributed by atoms with E-state index in [-0.39, 0.29) is 17.9 Å². The van der Waals surface area contributed by atoms with Crippen molar-refractivity contribution in [2.45, 2.75) is 38.8 Å². The van der Waals surface area contributed by atoms with Crippen LogP contribution in [0.25, 0.3) is 0 Å². The topological polar surface area (TPSA) is 73.4 Å². The van der Waals surface area contributed by atoms with E-state index in [1.54, 1.807) is 22.0 Å². The Morgan fingerprint density at radius 1 is 1.50 bits per heavy atom. The van der Waals surface area contributed by atoms with Crippen LogP contribution in [0.1, 0.15) is 42.7 Å². The number of hydrogen-bond acceptors (Lipinski definition) is 5. The van der Waals surface area contributed by atoms with Gasteiger partial charge < -0.3 is 14.2 Å². The molecule has 0 unspecified atom stereocenters. The van der Waals surface area contributed by atoms with Crippen LogP contribution in [-0.4, -0.2) is 39.4 Å². The lowest BCUT2D eigenvalue weighted by Gasteiger charge is -2.33. The Kier molecular flexibility index (Phi) is 4.99. The molecule has 0 N–H and O–H groups in total. The second-order valence-electron chi connectivity index (χ2n) is 6.32. The van der Waals surface area contributed by atoms with E-state index in [1.807, 2.05) is 27.2 Å². The fourth-order valence-electron chi connectivity index (χ4n) is 3.27. The van der Waals surface area contributed by atoms with Gasteiger partial charge in [-0.15, -0.1) is 0 Å². The quantitative estimate of drug-likeness (QED) is 0.838. The van der Waals surface area contributed by atoms with Gasteiger partial charge in [0.15, 0.2) is 0 Å². The van der Waals surface area contributed by atoms with Gasteiger partial charge in [0.25, 0.3) is 0 Å². The van der Waals surface area contributed by atoms with E-state index in [2.05, 4.69) is 10.3 Å². The van der Waals surface area contributed by atoms with E-state index in [9.17, 15) is 4.79 Å². The Labute approximate surface area is 141 Å². The molecule has 3 heterocycles. The molecule has 0 radical (unpaired) electrons. The van der Waals surface area contributed by atoms with Crippen LogP contribution in [0.5, 0.6) is 0 Å². The predicted octanol–water partition coefficient (Wildman–Crippen LogP) is 2.10. The maximum Gasteiger partial charge on any atom is 0.228 e. The molecule has 130 valence electrons. The van der Waals surface area contributed by atoms with Crippen molar-refractivity contribution < 1.29 is 14.1 Å². The van der Waals surface area contributed by atoms with Gasteiger partial charge in [-0.1, -0.05) is 12.1 Å². The Bertz CT molecular complexity index is 694. The molecule has 2 aromatic rings. The molecule has 1 saturated heterocycles. The number of aryl methyl sites for hydroxylation is 2. The zero-order valence-electron chi connectivity index (χ0n) is 14.4. The molecule has 7 heteroatoms. The average Bonchev–Trinajstić information content (AvgIpc) is 3.22. The number of aromatic nitrogens is 3. The van der Waals surface area contributed by atoms with Gasteiger partial charge in [0.2, 0.25) is 5.91 Å². The van der Waals surface area contributed by atoms with Gasteiger partial charge in [-0.3, -0.25) is 9.48 Å². The van der Waals surface area contributed by atoms with Crippen molar-refractivity contribution in [1.29, 1.82) is 0 Å². The van der Waals surface area contributed by atoms with Crippen molar-refractivity contribution in [2.24, 2.45) is 13.0 Å². The van der Waals surface area contributed by atoms with Crippen molar-refractivity contribution in [3.8, 4) is 0 Å². The number of ether oxygens (including phenoxy) is 1. The molecule has 3 rings (SSSR count). The van der Waals surface area contributed by atoms with E-state index in [0.29, 0.717) is 13.2 Å². The van der Waals surface area contributed by atoms with Crippen LogP contribution in [0.15, 0.2) is 23.2 Å². The van der Waals surface area contributed by atoms with E-state index < -0.39 is 0 Å². The minimum absolute atomic E-state index is 0.0896. The molecule has 0 aliphatic carbocycles. The minimum Gasteiger partial charge on any atom is -0.373 e. The summed E-state index contributed by atoms with van der Waals surface area (Å²) < 4.78 is 12.7. The van der Waals surface area contributed by atoms with Gasteiger partial charge in [0.1, 0.15) is 6.26 Å². The number of rotatable bonds is 5. The van der Waals surface area contributed by atoms with Crippen LogP contribution in [0.2, 0.25) is 0 Å². The van der Waals surface area contributed by atoms with Crippen molar-refractivity contribution >= 4 is 5.91 Å². The largest absolute Gasteiger partial charge is 0.373 e. The zero-order chi connectivity index (χ0) is 17.1. The highest BCUT2D eigenvalue weighted by molar-refractivity contribution is 5.79. The molecule has 7 nitrogen and oxygen atoms in total. The van der Waals surface area contributed by atoms with Gasteiger partial charge in [0.05, 0.1) is 30.5 Å². The highest BCUT2D eigenvalue weighted by Crippen LogP contribution is 2.34. The smallest absolute Gasteiger partial charge is 0.228 e. The number of nitrogens with zero attached hydrogens (tertiary/aromatic N) is 4. The Morgan fingerprint density at radius 3 is 3.04 bits per heavy atom. The Balaban J connectivity index is 1.73. The third kappa shape index (κ3) is 3.36. The van der Waals surface area contributed by atoms with E-state index in [4.69, 9.17) is 9.26 Å². The monoisotopic (exact) mass is 332 g/mol. The molecule has 24 heavy (non-hydrogen) atoms. The van der Waals surface area contributed by atoms with Crippen LogP contribution in [-0.2, 0) is 29.5 Å². The molecule has 1 amide bonds. The van der Waals surface area contributed by atoms with E-state index in [0.717, 1.165) is 36.1 Å². The molecule has 1 aliphatic heterocycles. The number of carbonyl (C=O) groups excluding carboxylic acids is 1. The predicted molar refractivity (Wildman–Crippen MR) is 87.0 cm³/mol. The third-order valence-corrected chi connectivity index (χ3v) is 4.54. The van der Waals surface area contributed by atoms with Crippen molar-refractivity contribution in [1.82, 2.24) is 19.8 Å². The fraction of sp³-hybridized carbons (Fsp3) is 0.588. The highest BCUT2D eigenvalue weighted by atomic mass is 16.5. The summed E-state index contributed by atoms with van der Waals surface area (Å²) in [6.07, 6.45) is 7.62. The molecular formula is C17H24N4O3. The van der Waals surface area contributed by atoms with Crippen LogP contribution in [0.4, 0.5) is 0 Å². The molecular weight excluding hydrogens is 308 g/mol. The first kappa shape index (κ1) is 16.7. The first-order valence-corrected chi connectivity index (χ1v) is 8.37. The molecule has 2 aromatic heterocycles.